The number of phenolic OH excluding ortho intramolecular Hbond substituents is 1. The van der Waals surface area contributed by atoms with E-state index < -0.39 is 23.5 Å². The largest absolute Gasteiger partial charge is 0.508 e. The van der Waals surface area contributed by atoms with Crippen LogP contribution in [0.2, 0.25) is 5.02 Å². The van der Waals surface area contributed by atoms with E-state index in [9.17, 15) is 19.4 Å². The van der Waals surface area contributed by atoms with Crippen LogP contribution in [0.5, 0.6) is 28.9 Å². The van der Waals surface area contributed by atoms with Crippen LogP contribution >= 0.6 is 22.9 Å². The van der Waals surface area contributed by atoms with Gasteiger partial charge in [-0.15, -0.1) is 11.3 Å². The summed E-state index contributed by atoms with van der Waals surface area (Å²) in [6.45, 7) is 11.2. The molecule has 1 saturated heterocycles. The minimum absolute atomic E-state index is 0.00519. The normalized spacial score (nSPS) is 15.0. The Morgan fingerprint density at radius 1 is 0.821 bits per heavy atom. The first-order chi connectivity index (χ1) is 38.0. The Morgan fingerprint density at radius 3 is 2.26 bits per heavy atom. The maximum absolute atomic E-state index is 14.4. The summed E-state index contributed by atoms with van der Waals surface area (Å²) in [5, 5.41) is 22.3. The minimum Gasteiger partial charge on any atom is -0.508 e. The number of carboxylic acids is 1. The summed E-state index contributed by atoms with van der Waals surface area (Å²) in [4.78, 5) is 37.6. The number of aliphatic carboxylic acids is 1. The van der Waals surface area contributed by atoms with Crippen molar-refractivity contribution < 1.29 is 57.3 Å². The van der Waals surface area contributed by atoms with Crippen molar-refractivity contribution in [3.05, 3.63) is 125 Å². The Hall–Kier alpha value is -6.55. The molecule has 0 bridgehead atoms. The molecule has 2 fully saturated rings. The number of hydrogen-bond acceptors (Lipinski definition) is 17. The number of fused-ring (bicyclic) bond motifs is 1. The molecule has 4 heterocycles. The molecule has 3 aromatic heterocycles. The van der Waals surface area contributed by atoms with Crippen molar-refractivity contribution in [2.45, 2.75) is 50.9 Å². The fraction of sp³-hybridized carbons (Fsp3) is 0.397. The number of rotatable bonds is 28. The lowest BCUT2D eigenvalue weighted by Crippen LogP contribution is -2.56. The quantitative estimate of drug-likeness (QED) is 0.0441. The van der Waals surface area contributed by atoms with Gasteiger partial charge < -0.3 is 48.1 Å². The number of para-hydroxylation sites is 1. The van der Waals surface area contributed by atoms with E-state index in [1.54, 1.807) is 44.7 Å². The highest BCUT2D eigenvalue weighted by Gasteiger charge is 2.42. The number of nitrogens with zero attached hydrogens (tertiary/aromatic N) is 6. The second-order valence-electron chi connectivity index (χ2n) is 19.1. The van der Waals surface area contributed by atoms with Crippen molar-refractivity contribution in [3.8, 4) is 61.8 Å². The Labute approximate surface area is 461 Å². The molecule has 17 nitrogen and oxygen atoms in total. The summed E-state index contributed by atoms with van der Waals surface area (Å²) in [7, 11) is 3.23. The van der Waals surface area contributed by atoms with Crippen molar-refractivity contribution in [1.82, 2.24) is 29.7 Å². The van der Waals surface area contributed by atoms with Crippen LogP contribution in [-0.4, -0.2) is 157 Å². The van der Waals surface area contributed by atoms with Gasteiger partial charge in [0.1, 0.15) is 52.2 Å². The molecule has 9 rings (SSSR count). The molecule has 412 valence electrons. The number of aromatic hydroxyl groups is 1. The van der Waals surface area contributed by atoms with E-state index in [-0.39, 0.29) is 24.7 Å². The molecular weight excluding hydrogens is 1040 g/mol. The topological polar surface area (TPSA) is 189 Å². The first kappa shape index (κ1) is 56.2. The summed E-state index contributed by atoms with van der Waals surface area (Å²) in [5.74, 6) is 0.180. The number of aromatic nitrogens is 4. The highest BCUT2D eigenvalue weighted by atomic mass is 35.5. The molecule has 1 atom stereocenters. The zero-order valence-corrected chi connectivity index (χ0v) is 45.5. The van der Waals surface area contributed by atoms with E-state index in [2.05, 4.69) is 29.7 Å². The second kappa shape index (κ2) is 26.9. The van der Waals surface area contributed by atoms with Crippen LogP contribution < -0.4 is 18.9 Å². The molecule has 1 saturated carbocycles. The van der Waals surface area contributed by atoms with Crippen LogP contribution in [-0.2, 0) is 36.8 Å². The highest BCUT2D eigenvalue weighted by Crippen LogP contribution is 2.50. The Morgan fingerprint density at radius 2 is 1.54 bits per heavy atom. The Kier molecular flexibility index (Phi) is 19.4. The summed E-state index contributed by atoms with van der Waals surface area (Å²) < 4.78 is 61.4. The third-order valence-electron chi connectivity index (χ3n) is 13.9. The molecule has 0 spiro atoms. The van der Waals surface area contributed by atoms with E-state index in [0.29, 0.717) is 124 Å². The maximum Gasteiger partial charge on any atom is 0.345 e. The number of ether oxygens (including phenoxy) is 8. The van der Waals surface area contributed by atoms with Gasteiger partial charge in [-0.05, 0) is 97.5 Å². The first-order valence-electron chi connectivity index (χ1n) is 26.0. The van der Waals surface area contributed by atoms with E-state index in [4.69, 9.17) is 49.5 Å². The van der Waals surface area contributed by atoms with Gasteiger partial charge in [-0.25, -0.2) is 29.1 Å². The standard InChI is InChI=1S/C58H64ClFN6O11S/c1-38-44(14-16-48(52(38)59)77-58(18-6-19-58)36-66-23-21-65(22-24-66)25-26-72-29-30-74-32-31-73-28-27-70-2)50-51-55(62-37-63-56(51)78-53(50)39-9-11-41(60)12-10-39)76-49(57(68)69)34-40-33-43(67)13-15-46(40)75-35-42-17-20-61-54(64-42)45-7-4-5-8-47(45)71-3/h4-5,7-17,20,33,37,49,67H,6,18-19,21-32,34-36H2,1-3H3,(H,68,69)/t49-/m1/s1. The predicted molar refractivity (Wildman–Crippen MR) is 295 cm³/mol. The summed E-state index contributed by atoms with van der Waals surface area (Å²) in [6.07, 6.45) is 4.05. The number of piperazine rings is 1. The third-order valence-corrected chi connectivity index (χ3v) is 15.5. The fourth-order valence-corrected chi connectivity index (χ4v) is 10.9. The van der Waals surface area contributed by atoms with Crippen molar-refractivity contribution in [3.63, 3.8) is 0 Å². The zero-order valence-electron chi connectivity index (χ0n) is 44.0. The Bertz CT molecular complexity index is 3120. The van der Waals surface area contributed by atoms with Crippen LogP contribution in [0.1, 0.15) is 36.1 Å². The molecule has 78 heavy (non-hydrogen) atoms. The minimum atomic E-state index is -1.51. The molecule has 7 aromatic rings. The van der Waals surface area contributed by atoms with Crippen LogP contribution in [0, 0.1) is 12.7 Å². The van der Waals surface area contributed by atoms with Crippen LogP contribution in [0.3, 0.4) is 0 Å². The molecule has 0 unspecified atom stereocenters. The number of phenols is 1. The fourth-order valence-electron chi connectivity index (χ4n) is 9.59. The second-order valence-corrected chi connectivity index (χ2v) is 20.5. The number of thiophene rings is 1. The van der Waals surface area contributed by atoms with E-state index in [0.717, 1.165) is 63.4 Å². The first-order valence-corrected chi connectivity index (χ1v) is 27.2. The summed E-state index contributed by atoms with van der Waals surface area (Å²) >= 11 is 8.68. The average molecular weight is 1110 g/mol. The molecule has 0 amide bonds. The van der Waals surface area contributed by atoms with Crippen LogP contribution in [0.4, 0.5) is 4.39 Å². The highest BCUT2D eigenvalue weighted by molar-refractivity contribution is 7.22. The van der Waals surface area contributed by atoms with Crippen LogP contribution in [0.25, 0.3) is 43.2 Å². The predicted octanol–water partition coefficient (Wildman–Crippen LogP) is 9.57. The average Bonchev–Trinajstić information content (AvgIpc) is 4.09. The molecular formula is C58H64ClFN6O11S. The smallest absolute Gasteiger partial charge is 0.345 e. The van der Waals surface area contributed by atoms with Crippen molar-refractivity contribution in [2.24, 2.45) is 0 Å². The van der Waals surface area contributed by atoms with Crippen molar-refractivity contribution >= 4 is 39.1 Å². The van der Waals surface area contributed by atoms with Crippen molar-refractivity contribution in [1.29, 1.82) is 0 Å². The number of halogens is 2. The van der Waals surface area contributed by atoms with E-state index >= 15 is 0 Å². The van der Waals surface area contributed by atoms with Gasteiger partial charge in [-0.2, -0.15) is 0 Å². The number of carbonyl (C=O) groups is 1. The van der Waals surface area contributed by atoms with Gasteiger partial charge in [-0.3, -0.25) is 9.80 Å². The van der Waals surface area contributed by atoms with Gasteiger partial charge in [0.05, 0.1) is 75.0 Å². The van der Waals surface area contributed by atoms with E-state index in [1.807, 2.05) is 43.3 Å². The van der Waals surface area contributed by atoms with Gasteiger partial charge in [0, 0.05) is 75.0 Å². The van der Waals surface area contributed by atoms with Gasteiger partial charge >= 0.3 is 5.97 Å². The zero-order chi connectivity index (χ0) is 54.4. The monoisotopic (exact) mass is 1110 g/mol. The lowest BCUT2D eigenvalue weighted by Gasteiger charge is -2.47. The van der Waals surface area contributed by atoms with Gasteiger partial charge in [0.25, 0.3) is 0 Å². The lowest BCUT2D eigenvalue weighted by molar-refractivity contribution is -0.145. The Balaban J connectivity index is 0.903. The number of carboxylic acid groups (broad SMARTS) is 1. The number of methoxy groups -OCH3 is 2. The molecule has 0 radical (unpaired) electrons. The molecule has 1 aliphatic heterocycles. The molecule has 1 aliphatic carbocycles. The number of benzene rings is 4. The summed E-state index contributed by atoms with van der Waals surface area (Å²) in [6, 6.07) is 23.6. The summed E-state index contributed by atoms with van der Waals surface area (Å²) in [5.41, 5.74) is 3.99. The van der Waals surface area contributed by atoms with Gasteiger partial charge in [0.15, 0.2) is 5.82 Å². The van der Waals surface area contributed by atoms with Gasteiger partial charge in [-0.1, -0.05) is 41.9 Å². The molecule has 2 aliphatic rings. The van der Waals surface area contributed by atoms with Crippen LogP contribution in [0.15, 0.2) is 97.5 Å². The van der Waals surface area contributed by atoms with Crippen molar-refractivity contribution in [2.75, 3.05) is 99.7 Å². The SMILES string of the molecule is COCCOCCOCCOCCN1CCN(CC2(Oc3ccc(-c4c(-c5ccc(F)cc5)sc5ncnc(O[C@H](Cc6cc(O)ccc6OCc6ccnc(-c7ccccc7OC)n6)C(=O)O)c45)c(C)c3Cl)CCC2)CC1. The number of hydrogen-bond donors (Lipinski definition) is 2. The molecule has 20 heteroatoms. The maximum atomic E-state index is 14.4. The third kappa shape index (κ3) is 14.0. The van der Waals surface area contributed by atoms with E-state index in [1.165, 1.54) is 41.9 Å². The molecule has 4 aromatic carbocycles. The molecule has 2 N–H and O–H groups in total. The van der Waals surface area contributed by atoms with Gasteiger partial charge in [0.2, 0.25) is 12.0 Å². The lowest BCUT2D eigenvalue weighted by atomic mass is 9.79.